The molecule has 2 rings (SSSR count). The molecule has 0 aromatic rings. The van der Waals surface area contributed by atoms with Gasteiger partial charge >= 0.3 is 5.97 Å². The molecule has 0 radical (unpaired) electrons. The van der Waals surface area contributed by atoms with Crippen molar-refractivity contribution in [2.75, 3.05) is 13.1 Å². The van der Waals surface area contributed by atoms with Gasteiger partial charge in [0.05, 0.1) is 6.04 Å². The summed E-state index contributed by atoms with van der Waals surface area (Å²) < 4.78 is 0. The van der Waals surface area contributed by atoms with Crippen molar-refractivity contribution >= 4 is 17.8 Å². The molecule has 2 heterocycles. The van der Waals surface area contributed by atoms with Crippen LogP contribution in [-0.4, -0.2) is 63.9 Å². The Hall–Kier alpha value is -1.63. The number of hydrogen-bond acceptors (Lipinski definition) is 4. The molecule has 23 heavy (non-hydrogen) atoms. The van der Waals surface area contributed by atoms with Gasteiger partial charge in [-0.15, -0.1) is 0 Å². The summed E-state index contributed by atoms with van der Waals surface area (Å²) in [7, 11) is 0. The fraction of sp³-hybridized carbons (Fsp3) is 0.812. The number of amides is 2. The van der Waals surface area contributed by atoms with Crippen molar-refractivity contribution in [3.8, 4) is 0 Å². The number of nitrogens with zero attached hydrogens (tertiary/aromatic N) is 2. The third-order valence-electron chi connectivity index (χ3n) is 5.18. The van der Waals surface area contributed by atoms with E-state index < -0.39 is 24.1 Å². The van der Waals surface area contributed by atoms with Crippen molar-refractivity contribution in [1.29, 1.82) is 0 Å². The van der Waals surface area contributed by atoms with Crippen LogP contribution in [0.3, 0.4) is 0 Å². The van der Waals surface area contributed by atoms with Gasteiger partial charge in [-0.2, -0.15) is 0 Å². The molecule has 4 unspecified atom stereocenters. The van der Waals surface area contributed by atoms with Crippen LogP contribution in [0.1, 0.15) is 46.0 Å². The molecule has 7 heteroatoms. The largest absolute Gasteiger partial charge is 0.480 e. The fourth-order valence-corrected chi connectivity index (χ4v) is 3.45. The number of nitrogens with two attached hydrogens (primary N) is 1. The van der Waals surface area contributed by atoms with E-state index in [-0.39, 0.29) is 17.7 Å². The van der Waals surface area contributed by atoms with Crippen LogP contribution in [0.25, 0.3) is 0 Å². The number of aliphatic carboxylic acids is 1. The highest BCUT2D eigenvalue weighted by molar-refractivity contribution is 5.92. The Morgan fingerprint density at radius 2 is 1.70 bits per heavy atom. The van der Waals surface area contributed by atoms with Gasteiger partial charge in [0, 0.05) is 13.1 Å². The molecule has 130 valence electrons. The highest BCUT2D eigenvalue weighted by Crippen LogP contribution is 2.26. The number of carboxylic acids is 1. The molecule has 2 aliphatic heterocycles. The van der Waals surface area contributed by atoms with E-state index in [1.54, 1.807) is 4.90 Å². The Morgan fingerprint density at radius 3 is 2.26 bits per heavy atom. The molecule has 2 saturated heterocycles. The van der Waals surface area contributed by atoms with Crippen LogP contribution < -0.4 is 5.73 Å². The molecule has 0 aliphatic carbocycles. The maximum atomic E-state index is 12.8. The lowest BCUT2D eigenvalue weighted by atomic mass is 9.98. The number of likely N-dealkylation sites (tertiary alicyclic amines) is 2. The molecule has 4 atom stereocenters. The van der Waals surface area contributed by atoms with Crippen LogP contribution in [0.2, 0.25) is 0 Å². The molecular weight excluding hydrogens is 298 g/mol. The van der Waals surface area contributed by atoms with Crippen LogP contribution in [0, 0.1) is 5.92 Å². The molecule has 3 N–H and O–H groups in total. The van der Waals surface area contributed by atoms with Crippen molar-refractivity contribution in [1.82, 2.24) is 9.80 Å². The predicted octanol–water partition coefficient (Wildman–Crippen LogP) is 0.426. The predicted molar refractivity (Wildman–Crippen MR) is 84.5 cm³/mol. The number of rotatable bonds is 5. The van der Waals surface area contributed by atoms with Crippen molar-refractivity contribution in [3.63, 3.8) is 0 Å². The minimum atomic E-state index is -0.969. The Labute approximate surface area is 136 Å². The highest BCUT2D eigenvalue weighted by Gasteiger charge is 2.43. The first-order valence-corrected chi connectivity index (χ1v) is 8.47. The first-order valence-electron chi connectivity index (χ1n) is 8.47. The number of carboxylic acid groups (broad SMARTS) is 1. The fourth-order valence-electron chi connectivity index (χ4n) is 3.45. The normalized spacial score (nSPS) is 27.1. The summed E-state index contributed by atoms with van der Waals surface area (Å²) in [4.78, 5) is 39.7. The molecular formula is C16H27N3O4. The van der Waals surface area contributed by atoms with Crippen molar-refractivity contribution in [3.05, 3.63) is 0 Å². The second-order valence-corrected chi connectivity index (χ2v) is 6.63. The van der Waals surface area contributed by atoms with E-state index in [4.69, 9.17) is 5.73 Å². The van der Waals surface area contributed by atoms with Crippen LogP contribution >= 0.6 is 0 Å². The van der Waals surface area contributed by atoms with E-state index >= 15 is 0 Å². The highest BCUT2D eigenvalue weighted by atomic mass is 16.4. The van der Waals surface area contributed by atoms with Crippen LogP contribution in [0.5, 0.6) is 0 Å². The molecule has 0 spiro atoms. The SMILES string of the molecule is CCC(C)C(N)C(=O)N1CCCC1C(=O)N1CCCC1C(=O)O. The minimum absolute atomic E-state index is 0.0532. The monoisotopic (exact) mass is 325 g/mol. The maximum Gasteiger partial charge on any atom is 0.326 e. The zero-order valence-electron chi connectivity index (χ0n) is 13.9. The summed E-state index contributed by atoms with van der Waals surface area (Å²) in [6, 6.07) is -1.93. The smallest absolute Gasteiger partial charge is 0.326 e. The summed E-state index contributed by atoms with van der Waals surface area (Å²) in [5.41, 5.74) is 6.03. The molecule has 2 aliphatic rings. The van der Waals surface area contributed by atoms with Crippen molar-refractivity contribution in [2.45, 2.75) is 64.1 Å². The van der Waals surface area contributed by atoms with Crippen molar-refractivity contribution < 1.29 is 19.5 Å². The molecule has 2 amide bonds. The van der Waals surface area contributed by atoms with Gasteiger partial charge in [-0.1, -0.05) is 20.3 Å². The third-order valence-corrected chi connectivity index (χ3v) is 5.18. The zero-order chi connectivity index (χ0) is 17.1. The number of carbonyl (C=O) groups excluding carboxylic acids is 2. The summed E-state index contributed by atoms with van der Waals surface area (Å²) in [5, 5.41) is 9.25. The van der Waals surface area contributed by atoms with Crippen LogP contribution in [0.4, 0.5) is 0 Å². The standard InChI is InChI=1S/C16H27N3O4/c1-3-10(2)13(17)15(21)18-8-4-6-11(18)14(20)19-9-5-7-12(19)16(22)23/h10-13H,3-9,17H2,1-2H3,(H,22,23). The second kappa shape index (κ2) is 7.29. The molecule has 0 aromatic carbocycles. The van der Waals surface area contributed by atoms with E-state index in [1.165, 1.54) is 4.90 Å². The van der Waals surface area contributed by atoms with E-state index in [2.05, 4.69) is 0 Å². The molecule has 0 bridgehead atoms. The summed E-state index contributed by atoms with van der Waals surface area (Å²) >= 11 is 0. The van der Waals surface area contributed by atoms with E-state index in [9.17, 15) is 19.5 Å². The van der Waals surface area contributed by atoms with Gasteiger partial charge in [0.25, 0.3) is 0 Å². The average molecular weight is 325 g/mol. The number of carbonyl (C=O) groups is 3. The lowest BCUT2D eigenvalue weighted by Crippen LogP contribution is -2.55. The maximum absolute atomic E-state index is 12.8. The second-order valence-electron chi connectivity index (χ2n) is 6.63. The molecule has 0 aromatic heterocycles. The quantitative estimate of drug-likeness (QED) is 0.762. The van der Waals surface area contributed by atoms with Crippen LogP contribution in [-0.2, 0) is 14.4 Å². The summed E-state index contributed by atoms with van der Waals surface area (Å²) in [6.07, 6.45) is 3.30. The first kappa shape index (κ1) is 17.7. The van der Waals surface area contributed by atoms with Gasteiger partial charge in [-0.3, -0.25) is 9.59 Å². The summed E-state index contributed by atoms with van der Waals surface area (Å²) in [6.45, 7) is 4.87. The topological polar surface area (TPSA) is 104 Å². The Morgan fingerprint density at radius 1 is 1.13 bits per heavy atom. The first-order chi connectivity index (χ1) is 10.9. The lowest BCUT2D eigenvalue weighted by Gasteiger charge is -2.32. The van der Waals surface area contributed by atoms with E-state index in [1.807, 2.05) is 13.8 Å². The van der Waals surface area contributed by atoms with Gasteiger partial charge in [-0.05, 0) is 31.6 Å². The molecule has 7 nitrogen and oxygen atoms in total. The van der Waals surface area contributed by atoms with Gasteiger partial charge in [-0.25, -0.2) is 4.79 Å². The van der Waals surface area contributed by atoms with Crippen LogP contribution in [0.15, 0.2) is 0 Å². The Balaban J connectivity index is 2.10. The minimum Gasteiger partial charge on any atom is -0.480 e. The molecule has 2 fully saturated rings. The number of hydrogen-bond donors (Lipinski definition) is 2. The Kier molecular flexibility index (Phi) is 5.62. The summed E-state index contributed by atoms with van der Waals surface area (Å²) in [5.74, 6) is -1.35. The molecule has 0 saturated carbocycles. The average Bonchev–Trinajstić information content (AvgIpc) is 3.20. The zero-order valence-corrected chi connectivity index (χ0v) is 13.9. The Bertz CT molecular complexity index is 482. The van der Waals surface area contributed by atoms with Gasteiger partial charge in [0.2, 0.25) is 11.8 Å². The third kappa shape index (κ3) is 3.49. The lowest BCUT2D eigenvalue weighted by molar-refractivity contribution is -0.152. The van der Waals surface area contributed by atoms with Gasteiger partial charge in [0.15, 0.2) is 0 Å². The van der Waals surface area contributed by atoms with E-state index in [0.717, 1.165) is 12.8 Å². The van der Waals surface area contributed by atoms with Gasteiger partial charge < -0.3 is 20.6 Å². The van der Waals surface area contributed by atoms with E-state index in [0.29, 0.717) is 32.4 Å². The van der Waals surface area contributed by atoms with Crippen molar-refractivity contribution in [2.24, 2.45) is 11.7 Å². The van der Waals surface area contributed by atoms with Gasteiger partial charge in [0.1, 0.15) is 12.1 Å².